The number of rotatable bonds is 6. The van der Waals surface area contributed by atoms with E-state index in [1.807, 2.05) is 32.9 Å². The maximum Gasteiger partial charge on any atom is 0.179 e. The Morgan fingerprint density at radius 1 is 1.23 bits per heavy atom. The highest BCUT2D eigenvalue weighted by molar-refractivity contribution is 8.13. The number of allylic oxidation sites excluding steroid dienone is 2. The molecular formula is C16H17ClN2OS2. The molecule has 2 rings (SSSR count). The molecule has 0 radical (unpaired) electrons. The number of thioether (sulfide) groups is 1. The quantitative estimate of drug-likeness (QED) is 0.618. The second-order valence-corrected chi connectivity index (χ2v) is 6.99. The van der Waals surface area contributed by atoms with Crippen LogP contribution in [0.4, 0.5) is 5.82 Å². The molecule has 22 heavy (non-hydrogen) atoms. The van der Waals surface area contributed by atoms with Crippen molar-refractivity contribution in [2.75, 3.05) is 4.72 Å². The minimum Gasteiger partial charge on any atom is -0.360 e. The Morgan fingerprint density at radius 2 is 1.95 bits per heavy atom. The fraction of sp³-hybridized carbons (Fsp3) is 0.188. The second-order valence-electron chi connectivity index (χ2n) is 4.40. The lowest BCUT2D eigenvalue weighted by molar-refractivity contribution is 0.400. The van der Waals surface area contributed by atoms with Gasteiger partial charge in [-0.05, 0) is 50.4 Å². The van der Waals surface area contributed by atoms with Gasteiger partial charge in [0, 0.05) is 15.9 Å². The molecule has 3 nitrogen and oxygen atoms in total. The van der Waals surface area contributed by atoms with Gasteiger partial charge in [-0.3, -0.25) is 0 Å². The third-order valence-corrected chi connectivity index (χ3v) is 5.13. The summed E-state index contributed by atoms with van der Waals surface area (Å²) in [6.07, 6.45) is 3.96. The summed E-state index contributed by atoms with van der Waals surface area (Å²) in [5.74, 6) is 1.50. The maximum absolute atomic E-state index is 6.09. The summed E-state index contributed by atoms with van der Waals surface area (Å²) in [5.41, 5.74) is 1.15. The topological polar surface area (TPSA) is 38.1 Å². The number of anilines is 1. The van der Waals surface area contributed by atoms with Gasteiger partial charge in [0.2, 0.25) is 0 Å². The monoisotopic (exact) mass is 352 g/mol. The highest BCUT2D eigenvalue weighted by Gasteiger charge is 2.05. The normalized spacial score (nSPS) is 12.5. The zero-order valence-corrected chi connectivity index (χ0v) is 15.0. The molecule has 0 aliphatic heterocycles. The molecule has 2 aromatic rings. The summed E-state index contributed by atoms with van der Waals surface area (Å²) in [4.78, 5) is 2.24. The van der Waals surface area contributed by atoms with Gasteiger partial charge < -0.3 is 9.25 Å². The van der Waals surface area contributed by atoms with Crippen LogP contribution in [0.1, 0.15) is 25.2 Å². The number of nitrogens with one attached hydrogen (secondary N) is 1. The van der Waals surface area contributed by atoms with Crippen molar-refractivity contribution < 1.29 is 4.52 Å². The van der Waals surface area contributed by atoms with E-state index in [-0.39, 0.29) is 0 Å². The molecule has 0 spiro atoms. The summed E-state index contributed by atoms with van der Waals surface area (Å²) in [5, 5.41) is 3.89. The first-order valence-corrected chi connectivity index (χ1v) is 8.76. The number of hydrogen-bond donors (Lipinski definition) is 1. The van der Waals surface area contributed by atoms with Crippen LogP contribution in [0.25, 0.3) is 4.91 Å². The lowest BCUT2D eigenvalue weighted by atomic mass is 10.2. The van der Waals surface area contributed by atoms with Gasteiger partial charge in [0.1, 0.15) is 5.76 Å². The molecule has 0 fully saturated rings. The third-order valence-electron chi connectivity index (χ3n) is 2.74. The first kappa shape index (κ1) is 17.1. The Bertz CT molecular complexity index is 678. The Balaban J connectivity index is 2.00. The molecule has 0 unspecified atom stereocenters. The summed E-state index contributed by atoms with van der Waals surface area (Å²) < 4.78 is 8.93. The van der Waals surface area contributed by atoms with Crippen LogP contribution in [-0.4, -0.2) is 5.16 Å². The Hall–Kier alpha value is -1.30. The Labute approximate surface area is 144 Å². The number of aryl methyl sites for hydroxylation is 1. The largest absolute Gasteiger partial charge is 0.360 e. The molecule has 1 aromatic heterocycles. The van der Waals surface area contributed by atoms with Crippen molar-refractivity contribution in [1.82, 2.24) is 5.16 Å². The average Bonchev–Trinajstić information content (AvgIpc) is 2.96. The van der Waals surface area contributed by atoms with Crippen molar-refractivity contribution in [3.63, 3.8) is 0 Å². The van der Waals surface area contributed by atoms with E-state index in [1.54, 1.807) is 11.8 Å². The predicted octanol–water partition coefficient (Wildman–Crippen LogP) is 6.30. The molecule has 1 aromatic carbocycles. The van der Waals surface area contributed by atoms with Crippen molar-refractivity contribution in [1.29, 1.82) is 0 Å². The molecule has 0 atom stereocenters. The standard InChI is InChI=1S/C16H17ClN2OS2/c1-4-14(21-15(17)5-2)12-6-8-13(9-7-12)22-19-16-10-11(3)20-18-16/h4-10H,1-3H3,(H,18,19)/b14-4-,15-5-. The smallest absolute Gasteiger partial charge is 0.179 e. The van der Waals surface area contributed by atoms with E-state index in [2.05, 4.69) is 40.2 Å². The molecule has 0 saturated carbocycles. The SMILES string of the molecule is C/C=C(\S/C(Cl)=C\C)c1ccc(SNc2cc(C)on2)cc1. The summed E-state index contributed by atoms with van der Waals surface area (Å²) >= 11 is 9.15. The summed E-state index contributed by atoms with van der Waals surface area (Å²) in [6, 6.07) is 10.1. The summed E-state index contributed by atoms with van der Waals surface area (Å²) in [6.45, 7) is 5.81. The maximum atomic E-state index is 6.09. The number of halogens is 1. The Kier molecular flexibility index (Phi) is 6.49. The molecule has 0 aliphatic carbocycles. The third kappa shape index (κ3) is 4.87. The first-order chi connectivity index (χ1) is 10.6. The van der Waals surface area contributed by atoms with Gasteiger partial charge >= 0.3 is 0 Å². The first-order valence-electron chi connectivity index (χ1n) is 6.75. The van der Waals surface area contributed by atoms with E-state index in [0.717, 1.165) is 31.3 Å². The molecule has 0 bridgehead atoms. The highest BCUT2D eigenvalue weighted by Crippen LogP contribution is 2.36. The number of benzene rings is 1. The molecule has 0 saturated heterocycles. The lowest BCUT2D eigenvalue weighted by Crippen LogP contribution is -1.87. The molecule has 116 valence electrons. The predicted molar refractivity (Wildman–Crippen MR) is 98.0 cm³/mol. The molecule has 1 N–H and O–H groups in total. The van der Waals surface area contributed by atoms with E-state index in [4.69, 9.17) is 16.1 Å². The van der Waals surface area contributed by atoms with Crippen molar-refractivity contribution in [2.45, 2.75) is 25.7 Å². The van der Waals surface area contributed by atoms with Crippen LogP contribution in [0.5, 0.6) is 0 Å². The highest BCUT2D eigenvalue weighted by atomic mass is 35.5. The fourth-order valence-corrected chi connectivity index (χ4v) is 3.20. The molecule has 0 aliphatic rings. The minimum absolute atomic E-state index is 0.719. The van der Waals surface area contributed by atoms with Gasteiger partial charge in [-0.1, -0.05) is 52.8 Å². The van der Waals surface area contributed by atoms with E-state index in [9.17, 15) is 0 Å². The summed E-state index contributed by atoms with van der Waals surface area (Å²) in [7, 11) is 0. The van der Waals surface area contributed by atoms with E-state index < -0.39 is 0 Å². The van der Waals surface area contributed by atoms with Crippen LogP contribution >= 0.6 is 35.3 Å². The number of hydrogen-bond acceptors (Lipinski definition) is 5. The van der Waals surface area contributed by atoms with E-state index >= 15 is 0 Å². The van der Waals surface area contributed by atoms with Gasteiger partial charge in [-0.2, -0.15) is 0 Å². The zero-order chi connectivity index (χ0) is 15.9. The van der Waals surface area contributed by atoms with Crippen LogP contribution in [-0.2, 0) is 0 Å². The molecular weight excluding hydrogens is 336 g/mol. The molecule has 1 heterocycles. The number of aromatic nitrogens is 1. The van der Waals surface area contributed by atoms with Gasteiger partial charge in [0.15, 0.2) is 5.82 Å². The Morgan fingerprint density at radius 3 is 2.50 bits per heavy atom. The second kappa shape index (κ2) is 8.36. The van der Waals surface area contributed by atoms with E-state index in [0.29, 0.717) is 0 Å². The minimum atomic E-state index is 0.719. The van der Waals surface area contributed by atoms with Crippen molar-refractivity contribution >= 4 is 46.0 Å². The van der Waals surface area contributed by atoms with E-state index in [1.165, 1.54) is 11.9 Å². The fourth-order valence-electron chi connectivity index (χ4n) is 1.66. The number of nitrogens with zero attached hydrogens (tertiary/aromatic N) is 1. The lowest BCUT2D eigenvalue weighted by Gasteiger charge is -2.07. The van der Waals surface area contributed by atoms with Crippen LogP contribution in [0.2, 0.25) is 0 Å². The van der Waals surface area contributed by atoms with Crippen LogP contribution in [0.3, 0.4) is 0 Å². The van der Waals surface area contributed by atoms with Crippen LogP contribution < -0.4 is 4.72 Å². The zero-order valence-electron chi connectivity index (χ0n) is 12.6. The van der Waals surface area contributed by atoms with Crippen molar-refractivity contribution in [2.24, 2.45) is 0 Å². The van der Waals surface area contributed by atoms with Crippen molar-refractivity contribution in [3.8, 4) is 0 Å². The van der Waals surface area contributed by atoms with Crippen LogP contribution in [0, 0.1) is 6.92 Å². The van der Waals surface area contributed by atoms with Gasteiger partial charge in [0.25, 0.3) is 0 Å². The van der Waals surface area contributed by atoms with Gasteiger partial charge in [-0.15, -0.1) is 0 Å². The van der Waals surface area contributed by atoms with Gasteiger partial charge in [0.05, 0.1) is 4.36 Å². The van der Waals surface area contributed by atoms with Crippen LogP contribution in [0.15, 0.2) is 56.3 Å². The average molecular weight is 353 g/mol. The molecule has 6 heteroatoms. The van der Waals surface area contributed by atoms with Gasteiger partial charge in [-0.25, -0.2) is 0 Å². The molecule has 0 amide bonds. The van der Waals surface area contributed by atoms with Crippen molar-refractivity contribution in [3.05, 3.63) is 58.2 Å².